The molecule has 1 fully saturated rings. The van der Waals surface area contributed by atoms with E-state index in [1.165, 1.54) is 19.3 Å². The summed E-state index contributed by atoms with van der Waals surface area (Å²) in [6.07, 6.45) is 3.93. The van der Waals surface area contributed by atoms with Crippen LogP contribution in [0.15, 0.2) is 0 Å². The van der Waals surface area contributed by atoms with E-state index in [4.69, 9.17) is 4.74 Å². The standard InChI is InChI=1S/C5H10O.2BrH.Mg/c1-2-4-6-5-3-1;;;/h1-5H2;2*1H;/q;;;+2/p-2. The first-order valence-electron chi connectivity index (χ1n) is 2.58. The fourth-order valence-electron chi connectivity index (χ4n) is 0.687. The summed E-state index contributed by atoms with van der Waals surface area (Å²) in [5, 5.41) is 0. The van der Waals surface area contributed by atoms with Crippen LogP contribution in [0.5, 0.6) is 0 Å². The molecule has 1 nitrogen and oxygen atoms in total. The Morgan fingerprint density at radius 1 is 0.778 bits per heavy atom. The van der Waals surface area contributed by atoms with Gasteiger partial charge in [0.15, 0.2) is 0 Å². The Bertz CT molecular complexity index is 30.4. The van der Waals surface area contributed by atoms with Gasteiger partial charge in [-0.1, -0.05) is 0 Å². The second kappa shape index (κ2) is 12.4. The Labute approximate surface area is 93.6 Å². The summed E-state index contributed by atoms with van der Waals surface area (Å²) in [5.74, 6) is 0. The predicted molar refractivity (Wildman–Crippen MR) is 30.4 cm³/mol. The third kappa shape index (κ3) is 9.69. The predicted octanol–water partition coefficient (Wildman–Crippen LogP) is -5.19. The van der Waals surface area contributed by atoms with Crippen LogP contribution < -0.4 is 34.0 Å². The van der Waals surface area contributed by atoms with E-state index in [0.717, 1.165) is 13.2 Å². The zero-order chi connectivity index (χ0) is 4.24. The molecule has 1 saturated heterocycles. The fourth-order valence-corrected chi connectivity index (χ4v) is 0.687. The quantitative estimate of drug-likeness (QED) is 0.400. The summed E-state index contributed by atoms with van der Waals surface area (Å²) in [7, 11) is 0. The summed E-state index contributed by atoms with van der Waals surface area (Å²) in [6, 6.07) is 0. The summed E-state index contributed by atoms with van der Waals surface area (Å²) in [4.78, 5) is 0. The molecule has 0 atom stereocenters. The summed E-state index contributed by atoms with van der Waals surface area (Å²) < 4.78 is 5.07. The molecule has 0 aromatic heterocycles. The Hall–Kier alpha value is 1.69. The number of hydrogen-bond acceptors (Lipinski definition) is 1. The van der Waals surface area contributed by atoms with E-state index >= 15 is 0 Å². The van der Waals surface area contributed by atoms with Crippen LogP contribution in [0.2, 0.25) is 0 Å². The molecule has 0 aliphatic carbocycles. The Morgan fingerprint density at radius 2 is 1.22 bits per heavy atom. The zero-order valence-corrected chi connectivity index (χ0v) is 9.99. The van der Waals surface area contributed by atoms with E-state index < -0.39 is 0 Å². The van der Waals surface area contributed by atoms with Crippen LogP contribution in [0, 0.1) is 0 Å². The van der Waals surface area contributed by atoms with Gasteiger partial charge in [-0.3, -0.25) is 0 Å². The second-order valence-corrected chi connectivity index (χ2v) is 1.67. The van der Waals surface area contributed by atoms with E-state index in [1.54, 1.807) is 0 Å². The van der Waals surface area contributed by atoms with Crippen molar-refractivity contribution in [1.29, 1.82) is 0 Å². The molecule has 0 saturated carbocycles. The van der Waals surface area contributed by atoms with Crippen LogP contribution >= 0.6 is 0 Å². The van der Waals surface area contributed by atoms with Crippen LogP contribution in [0.25, 0.3) is 0 Å². The summed E-state index contributed by atoms with van der Waals surface area (Å²) in [6.45, 7) is 2.00. The average molecular weight is 270 g/mol. The number of hydrogen-bond donors (Lipinski definition) is 0. The van der Waals surface area contributed by atoms with Crippen molar-refractivity contribution in [3.05, 3.63) is 0 Å². The molecule has 0 N–H and O–H groups in total. The molecule has 1 aliphatic rings. The van der Waals surface area contributed by atoms with Crippen molar-refractivity contribution >= 4 is 23.1 Å². The first-order chi connectivity index (χ1) is 3.00. The molecular weight excluding hydrogens is 260 g/mol. The molecule has 0 bridgehead atoms. The van der Waals surface area contributed by atoms with Gasteiger partial charge >= 0.3 is 23.1 Å². The first-order valence-corrected chi connectivity index (χ1v) is 2.58. The Morgan fingerprint density at radius 3 is 1.33 bits per heavy atom. The van der Waals surface area contributed by atoms with Crippen molar-refractivity contribution in [3.63, 3.8) is 0 Å². The van der Waals surface area contributed by atoms with Crippen LogP contribution in [0.1, 0.15) is 19.3 Å². The van der Waals surface area contributed by atoms with E-state index in [1.807, 2.05) is 0 Å². The average Bonchev–Trinajstić information content (AvgIpc) is 1.72. The molecule has 0 aromatic carbocycles. The van der Waals surface area contributed by atoms with Gasteiger partial charge in [0.25, 0.3) is 0 Å². The molecule has 0 aromatic rings. The monoisotopic (exact) mass is 268 g/mol. The van der Waals surface area contributed by atoms with Gasteiger partial charge in [0, 0.05) is 13.2 Å². The number of halogens is 2. The fraction of sp³-hybridized carbons (Fsp3) is 1.00. The molecule has 1 heterocycles. The minimum Gasteiger partial charge on any atom is -1.00 e. The Kier molecular flexibility index (Phi) is 23.3. The maximum absolute atomic E-state index is 5.07. The molecule has 52 valence electrons. The molecular formula is C5H10Br2MgO. The van der Waals surface area contributed by atoms with Crippen molar-refractivity contribution in [2.45, 2.75) is 19.3 Å². The van der Waals surface area contributed by atoms with Gasteiger partial charge in [0.2, 0.25) is 0 Å². The normalized spacial score (nSPS) is 16.0. The van der Waals surface area contributed by atoms with E-state index in [-0.39, 0.29) is 57.0 Å². The topological polar surface area (TPSA) is 9.23 Å². The van der Waals surface area contributed by atoms with Crippen molar-refractivity contribution in [2.75, 3.05) is 13.2 Å². The van der Waals surface area contributed by atoms with Crippen LogP contribution in [0.4, 0.5) is 0 Å². The van der Waals surface area contributed by atoms with Crippen molar-refractivity contribution in [3.8, 4) is 0 Å². The largest absolute Gasteiger partial charge is 2.00 e. The molecule has 1 aliphatic heterocycles. The van der Waals surface area contributed by atoms with Gasteiger partial charge in [0.1, 0.15) is 0 Å². The molecule has 1 rings (SSSR count). The molecule has 0 spiro atoms. The van der Waals surface area contributed by atoms with Gasteiger partial charge in [-0.25, -0.2) is 0 Å². The van der Waals surface area contributed by atoms with Crippen LogP contribution in [0.3, 0.4) is 0 Å². The van der Waals surface area contributed by atoms with Crippen molar-refractivity contribution < 1.29 is 38.7 Å². The molecule has 4 heteroatoms. The number of rotatable bonds is 0. The molecule has 0 amide bonds. The van der Waals surface area contributed by atoms with Gasteiger partial charge in [0.05, 0.1) is 0 Å². The minimum absolute atomic E-state index is 0. The van der Waals surface area contributed by atoms with Crippen LogP contribution in [-0.4, -0.2) is 36.3 Å². The van der Waals surface area contributed by atoms with Gasteiger partial charge < -0.3 is 38.7 Å². The summed E-state index contributed by atoms with van der Waals surface area (Å²) in [5.41, 5.74) is 0. The first kappa shape index (κ1) is 17.0. The van der Waals surface area contributed by atoms with E-state index in [2.05, 4.69) is 0 Å². The van der Waals surface area contributed by atoms with Crippen molar-refractivity contribution in [2.24, 2.45) is 0 Å². The minimum atomic E-state index is 0. The third-order valence-electron chi connectivity index (χ3n) is 1.08. The Balaban J connectivity index is -0.000000120. The zero-order valence-electron chi connectivity index (χ0n) is 5.41. The molecule has 0 radical (unpaired) electrons. The van der Waals surface area contributed by atoms with Crippen molar-refractivity contribution in [1.82, 2.24) is 0 Å². The second-order valence-electron chi connectivity index (χ2n) is 1.67. The van der Waals surface area contributed by atoms with Crippen LogP contribution in [-0.2, 0) is 4.74 Å². The third-order valence-corrected chi connectivity index (χ3v) is 1.08. The maximum Gasteiger partial charge on any atom is 2.00 e. The SMILES string of the molecule is C1CCOCC1.[Br-].[Br-].[Mg+2]. The maximum atomic E-state index is 5.07. The van der Waals surface area contributed by atoms with Gasteiger partial charge in [-0.15, -0.1) is 0 Å². The molecule has 0 unspecified atom stereocenters. The van der Waals surface area contributed by atoms with Gasteiger partial charge in [-0.05, 0) is 19.3 Å². The molecule has 9 heavy (non-hydrogen) atoms. The van der Waals surface area contributed by atoms with E-state index in [9.17, 15) is 0 Å². The number of ether oxygens (including phenoxy) is 1. The smallest absolute Gasteiger partial charge is 1.00 e. The summed E-state index contributed by atoms with van der Waals surface area (Å²) >= 11 is 0. The van der Waals surface area contributed by atoms with E-state index in [0.29, 0.717) is 0 Å². The van der Waals surface area contributed by atoms with Gasteiger partial charge in [-0.2, -0.15) is 0 Å².